The fraction of sp³-hybridized carbons (Fsp3) is 0.0625. The smallest absolute Gasteiger partial charge is 0.0712 e. The van der Waals surface area contributed by atoms with Gasteiger partial charge in [0.25, 0.3) is 0 Å². The van der Waals surface area contributed by atoms with Gasteiger partial charge in [-0.2, -0.15) is 0 Å². The van der Waals surface area contributed by atoms with Crippen LogP contribution in [0, 0.1) is 6.92 Å². The largest absolute Gasteiger partial charge is 0.248 e. The lowest BCUT2D eigenvalue weighted by molar-refractivity contribution is 1.36. The lowest BCUT2D eigenvalue weighted by Gasteiger charge is -2.06. The van der Waals surface area contributed by atoms with Crippen LogP contribution in [0.15, 0.2) is 59.1 Å². The molecule has 0 atom stereocenters. The molecule has 0 spiro atoms. The van der Waals surface area contributed by atoms with E-state index in [9.17, 15) is 0 Å². The second-order valence-corrected chi connectivity index (χ2v) is 5.26. The molecule has 2 heteroatoms. The number of aromatic nitrogens is 1. The predicted octanol–water partition coefficient (Wildman–Crippen LogP) is 4.97. The van der Waals surface area contributed by atoms with Crippen LogP contribution in [-0.2, 0) is 0 Å². The topological polar surface area (TPSA) is 12.9 Å². The Morgan fingerprint density at radius 3 is 2.44 bits per heavy atom. The minimum atomic E-state index is 1.03. The molecule has 1 aromatic heterocycles. The zero-order valence-electron chi connectivity index (χ0n) is 10.0. The molecule has 0 aliphatic heterocycles. The molecule has 2 aromatic carbocycles. The van der Waals surface area contributed by atoms with E-state index in [1.165, 1.54) is 10.9 Å². The van der Waals surface area contributed by atoms with Crippen LogP contribution in [0.4, 0.5) is 0 Å². The van der Waals surface area contributed by atoms with Crippen LogP contribution < -0.4 is 0 Å². The van der Waals surface area contributed by atoms with Crippen LogP contribution in [0.3, 0.4) is 0 Å². The molecule has 0 bridgehead atoms. The number of rotatable bonds is 1. The summed E-state index contributed by atoms with van der Waals surface area (Å²) in [5, 5.41) is 1.22. The Hall–Kier alpha value is -1.67. The Balaban J connectivity index is 2.21. The highest BCUT2D eigenvalue weighted by Crippen LogP contribution is 2.25. The van der Waals surface area contributed by atoms with Crippen LogP contribution >= 0.6 is 15.9 Å². The highest BCUT2D eigenvalue weighted by molar-refractivity contribution is 9.10. The molecule has 0 saturated heterocycles. The van der Waals surface area contributed by atoms with Gasteiger partial charge in [-0.05, 0) is 36.8 Å². The van der Waals surface area contributed by atoms with Crippen molar-refractivity contribution in [1.29, 1.82) is 0 Å². The zero-order chi connectivity index (χ0) is 12.5. The summed E-state index contributed by atoms with van der Waals surface area (Å²) in [6.07, 6.45) is 0. The number of pyridine rings is 1. The molecular formula is C16H12BrN. The first kappa shape index (κ1) is 11.4. The van der Waals surface area contributed by atoms with Crippen molar-refractivity contribution in [2.24, 2.45) is 0 Å². The monoisotopic (exact) mass is 297 g/mol. The van der Waals surface area contributed by atoms with E-state index >= 15 is 0 Å². The number of hydrogen-bond donors (Lipinski definition) is 0. The van der Waals surface area contributed by atoms with E-state index in [-0.39, 0.29) is 0 Å². The third-order valence-corrected chi connectivity index (χ3v) is 3.59. The quantitative estimate of drug-likeness (QED) is 0.618. The second-order valence-electron chi connectivity index (χ2n) is 4.35. The van der Waals surface area contributed by atoms with Crippen molar-refractivity contribution < 1.29 is 0 Å². The van der Waals surface area contributed by atoms with E-state index in [0.717, 1.165) is 21.2 Å². The molecule has 3 rings (SSSR count). The van der Waals surface area contributed by atoms with Crippen molar-refractivity contribution in [1.82, 2.24) is 4.98 Å². The van der Waals surface area contributed by atoms with Crippen molar-refractivity contribution in [2.75, 3.05) is 0 Å². The number of nitrogens with zero attached hydrogens (tertiary/aromatic N) is 1. The first-order valence-electron chi connectivity index (χ1n) is 5.86. The SMILES string of the molecule is Cc1cc(-c2ccc(Br)cc2)nc2ccccc12. The van der Waals surface area contributed by atoms with Crippen LogP contribution in [-0.4, -0.2) is 4.98 Å². The molecular weight excluding hydrogens is 286 g/mol. The summed E-state index contributed by atoms with van der Waals surface area (Å²) in [6, 6.07) is 18.7. The Morgan fingerprint density at radius 2 is 1.67 bits per heavy atom. The fourth-order valence-electron chi connectivity index (χ4n) is 2.12. The van der Waals surface area contributed by atoms with Gasteiger partial charge in [0.2, 0.25) is 0 Å². The van der Waals surface area contributed by atoms with Gasteiger partial charge in [0, 0.05) is 15.4 Å². The Kier molecular flexibility index (Phi) is 2.88. The highest BCUT2D eigenvalue weighted by Gasteiger charge is 2.04. The minimum absolute atomic E-state index is 1.03. The van der Waals surface area contributed by atoms with E-state index in [2.05, 4.69) is 59.3 Å². The third kappa shape index (κ3) is 2.04. The molecule has 0 aliphatic rings. The molecule has 1 nitrogen and oxygen atoms in total. The van der Waals surface area contributed by atoms with Crippen molar-refractivity contribution in [2.45, 2.75) is 6.92 Å². The zero-order valence-corrected chi connectivity index (χ0v) is 11.6. The summed E-state index contributed by atoms with van der Waals surface area (Å²) < 4.78 is 1.09. The van der Waals surface area contributed by atoms with E-state index in [1.807, 2.05) is 18.2 Å². The van der Waals surface area contributed by atoms with Gasteiger partial charge in [-0.25, -0.2) is 4.98 Å². The molecule has 18 heavy (non-hydrogen) atoms. The van der Waals surface area contributed by atoms with Gasteiger partial charge in [-0.1, -0.05) is 46.3 Å². The maximum Gasteiger partial charge on any atom is 0.0712 e. The van der Waals surface area contributed by atoms with E-state index in [4.69, 9.17) is 4.98 Å². The van der Waals surface area contributed by atoms with E-state index < -0.39 is 0 Å². The first-order chi connectivity index (χ1) is 8.74. The van der Waals surface area contributed by atoms with Crippen LogP contribution in [0.2, 0.25) is 0 Å². The number of fused-ring (bicyclic) bond motifs is 1. The Morgan fingerprint density at radius 1 is 0.944 bits per heavy atom. The molecule has 88 valence electrons. The summed E-state index contributed by atoms with van der Waals surface area (Å²) >= 11 is 3.45. The van der Waals surface area contributed by atoms with Crippen molar-refractivity contribution in [3.63, 3.8) is 0 Å². The first-order valence-corrected chi connectivity index (χ1v) is 6.66. The van der Waals surface area contributed by atoms with Gasteiger partial charge in [-0.15, -0.1) is 0 Å². The summed E-state index contributed by atoms with van der Waals surface area (Å²) in [7, 11) is 0. The summed E-state index contributed by atoms with van der Waals surface area (Å²) in [5.74, 6) is 0. The molecule has 0 unspecified atom stereocenters. The molecule has 0 aliphatic carbocycles. The molecule has 3 aromatic rings. The highest BCUT2D eigenvalue weighted by atomic mass is 79.9. The van der Waals surface area contributed by atoms with Gasteiger partial charge >= 0.3 is 0 Å². The van der Waals surface area contributed by atoms with E-state index in [1.54, 1.807) is 0 Å². The normalized spacial score (nSPS) is 10.8. The number of aryl methyl sites for hydroxylation is 1. The molecule has 1 heterocycles. The molecule has 0 radical (unpaired) electrons. The Bertz CT molecular complexity index is 702. The van der Waals surface area contributed by atoms with Gasteiger partial charge in [0.15, 0.2) is 0 Å². The summed E-state index contributed by atoms with van der Waals surface area (Å²) in [4.78, 5) is 4.72. The van der Waals surface area contributed by atoms with Crippen molar-refractivity contribution >= 4 is 26.8 Å². The van der Waals surface area contributed by atoms with Crippen LogP contribution in [0.1, 0.15) is 5.56 Å². The van der Waals surface area contributed by atoms with Gasteiger partial charge < -0.3 is 0 Å². The summed E-state index contributed by atoms with van der Waals surface area (Å²) in [5.41, 5.74) is 4.49. The lowest BCUT2D eigenvalue weighted by atomic mass is 10.1. The minimum Gasteiger partial charge on any atom is -0.248 e. The average Bonchev–Trinajstić information content (AvgIpc) is 2.39. The maximum absolute atomic E-state index is 4.72. The summed E-state index contributed by atoms with van der Waals surface area (Å²) in [6.45, 7) is 2.13. The van der Waals surface area contributed by atoms with Gasteiger partial charge in [0.05, 0.1) is 11.2 Å². The van der Waals surface area contributed by atoms with E-state index in [0.29, 0.717) is 0 Å². The van der Waals surface area contributed by atoms with Gasteiger partial charge in [-0.3, -0.25) is 0 Å². The third-order valence-electron chi connectivity index (χ3n) is 3.06. The molecule has 0 fully saturated rings. The molecule has 0 N–H and O–H groups in total. The second kappa shape index (κ2) is 4.54. The number of benzene rings is 2. The lowest BCUT2D eigenvalue weighted by Crippen LogP contribution is -1.88. The number of hydrogen-bond acceptors (Lipinski definition) is 1. The van der Waals surface area contributed by atoms with Crippen LogP contribution in [0.25, 0.3) is 22.2 Å². The van der Waals surface area contributed by atoms with Crippen LogP contribution in [0.5, 0.6) is 0 Å². The van der Waals surface area contributed by atoms with Gasteiger partial charge in [0.1, 0.15) is 0 Å². The average molecular weight is 298 g/mol. The standard InChI is InChI=1S/C16H12BrN/c1-11-10-16(12-6-8-13(17)9-7-12)18-15-5-3-2-4-14(11)15/h2-10H,1H3. The maximum atomic E-state index is 4.72. The predicted molar refractivity (Wildman–Crippen MR) is 79.6 cm³/mol. The van der Waals surface area contributed by atoms with Crippen molar-refractivity contribution in [3.05, 3.63) is 64.6 Å². The number of para-hydroxylation sites is 1. The Labute approximate surface area is 115 Å². The van der Waals surface area contributed by atoms with Crippen molar-refractivity contribution in [3.8, 4) is 11.3 Å². The molecule has 0 amide bonds. The fourth-order valence-corrected chi connectivity index (χ4v) is 2.38. The molecule has 0 saturated carbocycles. The number of halogens is 1.